The number of rotatable bonds is 4. The lowest BCUT2D eigenvalue weighted by Gasteiger charge is -2.36. The Morgan fingerprint density at radius 1 is 1.40 bits per heavy atom. The summed E-state index contributed by atoms with van der Waals surface area (Å²) in [7, 11) is -3.42. The van der Waals surface area contributed by atoms with Crippen LogP contribution in [0, 0.1) is 11.7 Å². The number of nitrogens with zero attached hydrogens (tertiary/aromatic N) is 1. The molecule has 1 aliphatic rings. The number of primary sulfonamides is 1. The second-order valence-electron chi connectivity index (χ2n) is 5.56. The minimum atomic E-state index is -3.42. The van der Waals surface area contributed by atoms with Crippen LogP contribution >= 0.6 is 0 Å². The van der Waals surface area contributed by atoms with Gasteiger partial charge in [-0.25, -0.2) is 17.9 Å². The molecule has 0 radical (unpaired) electrons. The first-order valence-corrected chi connectivity index (χ1v) is 8.56. The Labute approximate surface area is 119 Å². The SMILES string of the molecule is CC(c1ccc(F)cc1)N1CCCC(CS(N)(=O)=O)C1. The predicted octanol–water partition coefficient (Wildman–Crippen LogP) is 1.89. The molecular formula is C14H21FN2O2S. The molecule has 0 aliphatic carbocycles. The largest absolute Gasteiger partial charge is 0.296 e. The molecular weight excluding hydrogens is 279 g/mol. The molecule has 4 nitrogen and oxygen atoms in total. The van der Waals surface area contributed by atoms with Crippen molar-refractivity contribution in [1.82, 2.24) is 4.90 Å². The Hall–Kier alpha value is -0.980. The first kappa shape index (κ1) is 15.4. The summed E-state index contributed by atoms with van der Waals surface area (Å²) in [6, 6.07) is 6.63. The predicted molar refractivity (Wildman–Crippen MR) is 77.1 cm³/mol. The summed E-state index contributed by atoms with van der Waals surface area (Å²) in [6.45, 7) is 3.71. The summed E-state index contributed by atoms with van der Waals surface area (Å²) < 4.78 is 35.3. The van der Waals surface area contributed by atoms with E-state index in [0.717, 1.165) is 31.5 Å². The molecule has 1 aliphatic heterocycles. The Bertz CT molecular complexity index is 545. The summed E-state index contributed by atoms with van der Waals surface area (Å²) in [5.74, 6) is -0.118. The van der Waals surface area contributed by atoms with Gasteiger partial charge in [-0.15, -0.1) is 0 Å². The van der Waals surface area contributed by atoms with E-state index in [-0.39, 0.29) is 23.5 Å². The van der Waals surface area contributed by atoms with Gasteiger partial charge < -0.3 is 0 Å². The van der Waals surface area contributed by atoms with Crippen LogP contribution in [0.15, 0.2) is 24.3 Å². The molecule has 20 heavy (non-hydrogen) atoms. The second kappa shape index (κ2) is 6.20. The zero-order valence-electron chi connectivity index (χ0n) is 11.6. The molecule has 0 bridgehead atoms. The van der Waals surface area contributed by atoms with Gasteiger partial charge in [0.25, 0.3) is 0 Å². The summed E-state index contributed by atoms with van der Waals surface area (Å²) in [4.78, 5) is 2.24. The van der Waals surface area contributed by atoms with Crippen LogP contribution < -0.4 is 5.14 Å². The Kier molecular flexibility index (Phi) is 4.78. The lowest BCUT2D eigenvalue weighted by atomic mass is 9.96. The molecule has 6 heteroatoms. The Morgan fingerprint density at radius 2 is 2.05 bits per heavy atom. The van der Waals surface area contributed by atoms with E-state index in [0.29, 0.717) is 0 Å². The van der Waals surface area contributed by atoms with Crippen molar-refractivity contribution in [3.63, 3.8) is 0 Å². The van der Waals surface area contributed by atoms with Crippen LogP contribution in [-0.2, 0) is 10.0 Å². The fraction of sp³-hybridized carbons (Fsp3) is 0.571. The molecule has 0 amide bonds. The lowest BCUT2D eigenvalue weighted by Crippen LogP contribution is -2.40. The van der Waals surface area contributed by atoms with Gasteiger partial charge in [-0.05, 0) is 49.9 Å². The molecule has 2 N–H and O–H groups in total. The topological polar surface area (TPSA) is 63.4 Å². The second-order valence-corrected chi connectivity index (χ2v) is 7.22. The minimum Gasteiger partial charge on any atom is -0.296 e. The molecule has 1 aromatic carbocycles. The van der Waals surface area contributed by atoms with Gasteiger partial charge in [0.15, 0.2) is 0 Å². The molecule has 0 aromatic heterocycles. The molecule has 0 spiro atoms. The maximum atomic E-state index is 12.9. The van der Waals surface area contributed by atoms with Crippen molar-refractivity contribution in [2.24, 2.45) is 11.1 Å². The molecule has 0 saturated carbocycles. The van der Waals surface area contributed by atoms with E-state index in [1.54, 1.807) is 12.1 Å². The van der Waals surface area contributed by atoms with E-state index >= 15 is 0 Å². The van der Waals surface area contributed by atoms with Gasteiger partial charge >= 0.3 is 0 Å². The zero-order chi connectivity index (χ0) is 14.8. The van der Waals surface area contributed by atoms with E-state index in [2.05, 4.69) is 11.8 Å². The number of hydrogen-bond donors (Lipinski definition) is 1. The average molecular weight is 300 g/mol. The Morgan fingerprint density at radius 3 is 2.65 bits per heavy atom. The van der Waals surface area contributed by atoms with Crippen LogP contribution in [0.2, 0.25) is 0 Å². The highest BCUT2D eigenvalue weighted by atomic mass is 32.2. The van der Waals surface area contributed by atoms with Crippen LogP contribution in [-0.4, -0.2) is 32.2 Å². The number of likely N-dealkylation sites (tertiary alicyclic amines) is 1. The minimum absolute atomic E-state index is 0.0413. The normalized spacial score (nSPS) is 22.6. The summed E-state index contributed by atoms with van der Waals surface area (Å²) in [5.41, 5.74) is 1.04. The van der Waals surface area contributed by atoms with E-state index in [1.165, 1.54) is 12.1 Å². The van der Waals surface area contributed by atoms with Crippen LogP contribution in [0.3, 0.4) is 0 Å². The zero-order valence-corrected chi connectivity index (χ0v) is 12.4. The van der Waals surface area contributed by atoms with Crippen LogP contribution in [0.5, 0.6) is 0 Å². The molecule has 2 unspecified atom stereocenters. The third kappa shape index (κ3) is 4.26. The number of halogens is 1. The van der Waals surface area contributed by atoms with Gasteiger partial charge in [-0.1, -0.05) is 12.1 Å². The summed E-state index contributed by atoms with van der Waals surface area (Å²) in [6.07, 6.45) is 1.86. The van der Waals surface area contributed by atoms with Crippen LogP contribution in [0.4, 0.5) is 4.39 Å². The molecule has 1 heterocycles. The highest BCUT2D eigenvalue weighted by Crippen LogP contribution is 2.27. The monoisotopic (exact) mass is 300 g/mol. The average Bonchev–Trinajstić information content (AvgIpc) is 2.37. The summed E-state index contributed by atoms with van der Waals surface area (Å²) in [5, 5.41) is 5.13. The number of sulfonamides is 1. The number of hydrogen-bond acceptors (Lipinski definition) is 3. The van der Waals surface area contributed by atoms with E-state index in [4.69, 9.17) is 5.14 Å². The fourth-order valence-electron chi connectivity index (χ4n) is 2.87. The number of benzene rings is 1. The maximum absolute atomic E-state index is 12.9. The first-order valence-electron chi connectivity index (χ1n) is 6.85. The van der Waals surface area contributed by atoms with Crippen LogP contribution in [0.25, 0.3) is 0 Å². The van der Waals surface area contributed by atoms with E-state index < -0.39 is 10.0 Å². The van der Waals surface area contributed by atoms with Crippen molar-refractivity contribution in [2.45, 2.75) is 25.8 Å². The van der Waals surface area contributed by atoms with Gasteiger partial charge in [0.2, 0.25) is 10.0 Å². The number of piperidine rings is 1. The molecule has 1 saturated heterocycles. The van der Waals surface area contributed by atoms with Crippen molar-refractivity contribution in [2.75, 3.05) is 18.8 Å². The highest BCUT2D eigenvalue weighted by Gasteiger charge is 2.26. The maximum Gasteiger partial charge on any atom is 0.209 e. The lowest BCUT2D eigenvalue weighted by molar-refractivity contribution is 0.140. The molecule has 2 atom stereocenters. The van der Waals surface area contributed by atoms with Gasteiger partial charge in [0.1, 0.15) is 5.82 Å². The first-order chi connectivity index (χ1) is 9.35. The van der Waals surface area contributed by atoms with Crippen LogP contribution in [0.1, 0.15) is 31.4 Å². The van der Waals surface area contributed by atoms with Crippen molar-refractivity contribution in [3.05, 3.63) is 35.6 Å². The quantitative estimate of drug-likeness (QED) is 0.923. The van der Waals surface area contributed by atoms with Crippen molar-refractivity contribution in [3.8, 4) is 0 Å². The molecule has 1 fully saturated rings. The van der Waals surface area contributed by atoms with Gasteiger partial charge in [-0.3, -0.25) is 4.90 Å². The molecule has 112 valence electrons. The van der Waals surface area contributed by atoms with Crippen molar-refractivity contribution in [1.29, 1.82) is 0 Å². The highest BCUT2D eigenvalue weighted by molar-refractivity contribution is 7.89. The molecule has 1 aromatic rings. The van der Waals surface area contributed by atoms with Gasteiger partial charge in [0.05, 0.1) is 5.75 Å². The van der Waals surface area contributed by atoms with Crippen molar-refractivity contribution >= 4 is 10.0 Å². The Balaban J connectivity index is 2.03. The van der Waals surface area contributed by atoms with Crippen molar-refractivity contribution < 1.29 is 12.8 Å². The molecule has 2 rings (SSSR count). The number of nitrogens with two attached hydrogens (primary N) is 1. The van der Waals surface area contributed by atoms with E-state index in [1.807, 2.05) is 0 Å². The fourth-order valence-corrected chi connectivity index (χ4v) is 3.79. The third-order valence-corrected chi connectivity index (χ3v) is 4.85. The smallest absolute Gasteiger partial charge is 0.209 e. The van der Waals surface area contributed by atoms with E-state index in [9.17, 15) is 12.8 Å². The van der Waals surface area contributed by atoms with Gasteiger partial charge in [0, 0.05) is 12.6 Å². The van der Waals surface area contributed by atoms with Gasteiger partial charge in [-0.2, -0.15) is 0 Å². The third-order valence-electron chi connectivity index (χ3n) is 3.92. The summed E-state index contributed by atoms with van der Waals surface area (Å²) >= 11 is 0. The standard InChI is InChI=1S/C14H21FN2O2S/c1-11(13-4-6-14(15)7-5-13)17-8-2-3-12(9-17)10-20(16,18)19/h4-7,11-12H,2-3,8-10H2,1H3,(H2,16,18,19).